The molecule has 2 aromatic rings. The van der Waals surface area contributed by atoms with Crippen LogP contribution in [-0.2, 0) is 26.2 Å². The summed E-state index contributed by atoms with van der Waals surface area (Å²) >= 11 is 12.5. The van der Waals surface area contributed by atoms with Gasteiger partial charge < -0.3 is 10.2 Å². The predicted octanol–water partition coefficient (Wildman–Crippen LogP) is 4.93. The van der Waals surface area contributed by atoms with Crippen molar-refractivity contribution in [3.63, 3.8) is 0 Å². The summed E-state index contributed by atoms with van der Waals surface area (Å²) in [4.78, 5) is 28.5. The fraction of sp³-hybridized carbons (Fsp3) is 0.462. The van der Waals surface area contributed by atoms with Crippen molar-refractivity contribution < 1.29 is 18.0 Å². The van der Waals surface area contributed by atoms with Crippen LogP contribution >= 0.6 is 23.2 Å². The van der Waals surface area contributed by atoms with Gasteiger partial charge in [0.15, 0.2) is 0 Å². The minimum absolute atomic E-state index is 0.0707. The molecule has 0 saturated heterocycles. The van der Waals surface area contributed by atoms with Crippen LogP contribution in [0.5, 0.6) is 0 Å². The predicted molar refractivity (Wildman–Crippen MR) is 145 cm³/mol. The van der Waals surface area contributed by atoms with Gasteiger partial charge in [-0.25, -0.2) is 8.42 Å². The molecule has 10 heteroatoms. The number of benzene rings is 2. The van der Waals surface area contributed by atoms with Crippen LogP contribution in [0.15, 0.2) is 42.5 Å². The molecule has 3 rings (SSSR count). The fourth-order valence-electron chi connectivity index (χ4n) is 4.54. The first-order valence-electron chi connectivity index (χ1n) is 12.1. The van der Waals surface area contributed by atoms with Crippen molar-refractivity contribution in [1.82, 2.24) is 10.2 Å². The van der Waals surface area contributed by atoms with Crippen LogP contribution in [-0.4, -0.2) is 50.0 Å². The van der Waals surface area contributed by atoms with Gasteiger partial charge in [-0.05, 0) is 55.5 Å². The first kappa shape index (κ1) is 28.3. The summed E-state index contributed by atoms with van der Waals surface area (Å²) in [5.41, 5.74) is 1.64. The number of hydrogen-bond donors (Lipinski definition) is 1. The summed E-state index contributed by atoms with van der Waals surface area (Å²) in [5, 5.41) is 3.90. The second kappa shape index (κ2) is 12.3. The van der Waals surface area contributed by atoms with Gasteiger partial charge in [0.1, 0.15) is 12.6 Å². The molecule has 2 aromatic carbocycles. The zero-order chi connectivity index (χ0) is 26.5. The molecule has 0 spiro atoms. The molecule has 0 bridgehead atoms. The van der Waals surface area contributed by atoms with Gasteiger partial charge >= 0.3 is 0 Å². The molecule has 1 atom stereocenters. The Hall–Kier alpha value is -2.29. The van der Waals surface area contributed by atoms with E-state index < -0.39 is 28.5 Å². The lowest BCUT2D eigenvalue weighted by Gasteiger charge is -2.34. The van der Waals surface area contributed by atoms with Crippen molar-refractivity contribution in [1.29, 1.82) is 0 Å². The van der Waals surface area contributed by atoms with Crippen molar-refractivity contribution in [3.8, 4) is 0 Å². The third-order valence-corrected chi connectivity index (χ3v) is 8.24. The zero-order valence-corrected chi connectivity index (χ0v) is 23.2. The Morgan fingerprint density at radius 1 is 1.11 bits per heavy atom. The maximum absolute atomic E-state index is 13.8. The Balaban J connectivity index is 1.96. The third kappa shape index (κ3) is 7.14. The van der Waals surface area contributed by atoms with E-state index in [0.717, 1.165) is 36.2 Å². The number of nitrogens with one attached hydrogen (secondary N) is 1. The zero-order valence-electron chi connectivity index (χ0n) is 20.8. The monoisotopic (exact) mass is 553 g/mol. The summed E-state index contributed by atoms with van der Waals surface area (Å²) in [6.45, 7) is 3.18. The van der Waals surface area contributed by atoms with E-state index >= 15 is 0 Å². The molecular formula is C26H33Cl2N3O4S. The molecule has 0 radical (unpaired) electrons. The highest BCUT2D eigenvalue weighted by Crippen LogP contribution is 2.27. The van der Waals surface area contributed by atoms with Crippen LogP contribution in [0.2, 0.25) is 10.0 Å². The van der Waals surface area contributed by atoms with Crippen LogP contribution < -0.4 is 9.62 Å². The van der Waals surface area contributed by atoms with Crippen LogP contribution in [0.1, 0.15) is 50.2 Å². The van der Waals surface area contributed by atoms with E-state index in [9.17, 15) is 18.0 Å². The normalized spacial score (nSPS) is 14.9. The first-order valence-corrected chi connectivity index (χ1v) is 14.7. The molecule has 1 aliphatic carbocycles. The Bertz CT molecular complexity index is 1200. The number of sulfonamides is 1. The molecule has 36 heavy (non-hydrogen) atoms. The maximum atomic E-state index is 13.8. The van der Waals surface area contributed by atoms with Crippen LogP contribution in [0.3, 0.4) is 0 Å². The molecule has 7 nitrogen and oxygen atoms in total. The molecule has 1 fully saturated rings. The van der Waals surface area contributed by atoms with E-state index in [-0.39, 0.29) is 18.5 Å². The highest BCUT2D eigenvalue weighted by atomic mass is 35.5. The number of amides is 2. The van der Waals surface area contributed by atoms with Crippen molar-refractivity contribution in [2.75, 3.05) is 17.1 Å². The molecule has 1 N–H and O–H groups in total. The van der Waals surface area contributed by atoms with Crippen molar-refractivity contribution >= 4 is 50.7 Å². The molecule has 1 saturated carbocycles. The summed E-state index contributed by atoms with van der Waals surface area (Å²) in [6.07, 6.45) is 5.36. The van der Waals surface area contributed by atoms with E-state index in [1.807, 2.05) is 13.0 Å². The lowest BCUT2D eigenvalue weighted by molar-refractivity contribution is -0.140. The van der Waals surface area contributed by atoms with Crippen LogP contribution in [0.25, 0.3) is 0 Å². The second-order valence-electron chi connectivity index (χ2n) is 9.23. The van der Waals surface area contributed by atoms with Crippen LogP contribution in [0, 0.1) is 6.92 Å². The van der Waals surface area contributed by atoms with Crippen molar-refractivity contribution in [2.45, 2.75) is 64.6 Å². The number of anilines is 1. The van der Waals surface area contributed by atoms with Gasteiger partial charge in [-0.3, -0.25) is 13.9 Å². The lowest BCUT2D eigenvalue weighted by Crippen LogP contribution is -2.53. The van der Waals surface area contributed by atoms with E-state index in [0.29, 0.717) is 33.3 Å². The average Bonchev–Trinajstić information content (AvgIpc) is 3.32. The van der Waals surface area contributed by atoms with E-state index in [1.165, 1.54) is 11.0 Å². The molecule has 1 unspecified atom stereocenters. The van der Waals surface area contributed by atoms with Gasteiger partial charge in [0.2, 0.25) is 21.8 Å². The SMILES string of the molecule is CCC(C(=O)NC1CCCC1)N(Cc1ccccc1Cl)C(=O)CN(c1cc(Cl)ccc1C)S(C)(=O)=O. The molecule has 0 aliphatic heterocycles. The van der Waals surface area contributed by atoms with E-state index in [2.05, 4.69) is 5.32 Å². The highest BCUT2D eigenvalue weighted by Gasteiger charge is 2.33. The smallest absolute Gasteiger partial charge is 0.244 e. The summed E-state index contributed by atoms with van der Waals surface area (Å²) in [5.74, 6) is -0.747. The molecule has 0 aromatic heterocycles. The first-order chi connectivity index (χ1) is 17.0. The Morgan fingerprint density at radius 2 is 1.78 bits per heavy atom. The van der Waals surface area contributed by atoms with Gasteiger partial charge in [-0.1, -0.05) is 67.2 Å². The Kier molecular flexibility index (Phi) is 9.66. The molecular weight excluding hydrogens is 521 g/mol. The second-order valence-corrected chi connectivity index (χ2v) is 12.0. The number of nitrogens with zero attached hydrogens (tertiary/aromatic N) is 2. The number of rotatable bonds is 10. The minimum atomic E-state index is -3.84. The molecule has 0 heterocycles. The fourth-order valence-corrected chi connectivity index (χ4v) is 5.80. The minimum Gasteiger partial charge on any atom is -0.352 e. The number of aryl methyl sites for hydroxylation is 1. The Labute approximate surface area is 223 Å². The van der Waals surface area contributed by atoms with Gasteiger partial charge in [0.05, 0.1) is 11.9 Å². The third-order valence-electron chi connectivity index (χ3n) is 6.51. The highest BCUT2D eigenvalue weighted by molar-refractivity contribution is 7.92. The maximum Gasteiger partial charge on any atom is 0.244 e. The van der Waals surface area contributed by atoms with E-state index in [1.54, 1.807) is 37.3 Å². The van der Waals surface area contributed by atoms with Gasteiger partial charge in [0.25, 0.3) is 0 Å². The summed E-state index contributed by atoms with van der Waals surface area (Å²) in [7, 11) is -3.84. The van der Waals surface area contributed by atoms with Gasteiger partial charge in [0, 0.05) is 22.6 Å². The molecule has 1 aliphatic rings. The summed E-state index contributed by atoms with van der Waals surface area (Å²) < 4.78 is 26.6. The number of hydrogen-bond acceptors (Lipinski definition) is 4. The number of halogens is 2. The largest absolute Gasteiger partial charge is 0.352 e. The molecule has 196 valence electrons. The standard InChI is InChI=1S/C26H33Cl2N3O4S/c1-4-23(26(33)29-21-10-6-7-11-21)30(16-19-9-5-8-12-22(19)28)25(32)17-31(36(3,34)35)24-15-20(27)14-13-18(24)2/h5,8-9,12-15,21,23H,4,6-7,10-11,16-17H2,1-3H3,(H,29,33). The average molecular weight is 555 g/mol. The van der Waals surface area contributed by atoms with Crippen molar-refractivity contribution in [2.24, 2.45) is 0 Å². The van der Waals surface area contributed by atoms with Gasteiger partial charge in [-0.2, -0.15) is 0 Å². The lowest BCUT2D eigenvalue weighted by atomic mass is 10.1. The van der Waals surface area contributed by atoms with Gasteiger partial charge in [-0.15, -0.1) is 0 Å². The number of carbonyl (C=O) groups is 2. The van der Waals surface area contributed by atoms with E-state index in [4.69, 9.17) is 23.2 Å². The summed E-state index contributed by atoms with van der Waals surface area (Å²) in [6, 6.07) is 11.3. The quantitative estimate of drug-likeness (QED) is 0.451. The topological polar surface area (TPSA) is 86.8 Å². The van der Waals surface area contributed by atoms with Crippen LogP contribution in [0.4, 0.5) is 5.69 Å². The number of carbonyl (C=O) groups excluding carboxylic acids is 2. The van der Waals surface area contributed by atoms with Crippen molar-refractivity contribution in [3.05, 3.63) is 63.6 Å². The molecule has 2 amide bonds. The Morgan fingerprint density at radius 3 is 2.39 bits per heavy atom.